The van der Waals surface area contributed by atoms with Crippen LogP contribution in [0.25, 0.3) is 0 Å². The molecular weight excluding hydrogens is 367 g/mol. The number of fused-ring (bicyclic) bond motifs is 2. The smallest absolute Gasteiger partial charge is 0.433 e. The van der Waals surface area contributed by atoms with Crippen LogP contribution in [0.1, 0.15) is 41.0 Å². The number of rotatable bonds is 4. The number of aliphatic hydroxyl groups excluding tert-OH is 1. The molecule has 0 amide bonds. The van der Waals surface area contributed by atoms with Crippen LogP contribution in [0.15, 0.2) is 23.5 Å². The zero-order chi connectivity index (χ0) is 19.9. The number of aliphatic hydroxyl groups is 1. The molecule has 2 aliphatic rings. The quantitative estimate of drug-likeness (QED) is 0.488. The monoisotopic (exact) mass is 383 g/mol. The fourth-order valence-corrected chi connectivity index (χ4v) is 3.57. The number of ketones is 2. The van der Waals surface area contributed by atoms with Crippen molar-refractivity contribution in [2.45, 2.75) is 31.9 Å². The van der Waals surface area contributed by atoms with Gasteiger partial charge >= 0.3 is 12.1 Å². The fourth-order valence-electron chi connectivity index (χ4n) is 3.57. The van der Waals surface area contributed by atoms with Gasteiger partial charge in [0, 0.05) is 17.4 Å². The highest BCUT2D eigenvalue weighted by molar-refractivity contribution is 6.28. The van der Waals surface area contributed by atoms with Gasteiger partial charge in [0.1, 0.15) is 17.0 Å². The maximum atomic E-state index is 12.9. The summed E-state index contributed by atoms with van der Waals surface area (Å²) in [7, 11) is 1.05. The molecule has 2 bridgehead atoms. The minimum atomic E-state index is -4.77. The standard InChI is InChI=1S/C18H16F3NO5/c1-27-13(23)7-11-10(4-5-12(22-11)18(19,20)21)17(26)14-15(24)8-2-3-9(6-8)16(14)25/h4-5,8-9,24H,2-3,6-7H2,1H3. The summed E-state index contributed by atoms with van der Waals surface area (Å²) < 4.78 is 43.3. The Hall–Kier alpha value is -2.71. The van der Waals surface area contributed by atoms with Crippen LogP contribution in [-0.4, -0.2) is 34.7 Å². The fraction of sp³-hybridized carbons (Fsp3) is 0.444. The number of hydrogen-bond acceptors (Lipinski definition) is 6. The van der Waals surface area contributed by atoms with Crippen molar-refractivity contribution < 1.29 is 37.4 Å². The minimum absolute atomic E-state index is 0.307. The molecule has 0 spiro atoms. The lowest BCUT2D eigenvalue weighted by Gasteiger charge is -2.21. The summed E-state index contributed by atoms with van der Waals surface area (Å²) >= 11 is 0. The molecule has 1 fully saturated rings. The van der Waals surface area contributed by atoms with Crippen LogP contribution in [0.4, 0.5) is 13.2 Å². The van der Waals surface area contributed by atoms with E-state index in [2.05, 4.69) is 9.72 Å². The molecule has 1 N–H and O–H groups in total. The average molecular weight is 383 g/mol. The zero-order valence-corrected chi connectivity index (χ0v) is 14.3. The Balaban J connectivity index is 2.07. The number of esters is 1. The molecule has 0 aromatic carbocycles. The number of ether oxygens (including phenoxy) is 1. The van der Waals surface area contributed by atoms with E-state index >= 15 is 0 Å². The van der Waals surface area contributed by atoms with Crippen molar-refractivity contribution in [2.75, 3.05) is 7.11 Å². The maximum absolute atomic E-state index is 12.9. The minimum Gasteiger partial charge on any atom is -0.511 e. The summed E-state index contributed by atoms with van der Waals surface area (Å²) in [6.45, 7) is 0. The van der Waals surface area contributed by atoms with E-state index in [1.807, 2.05) is 0 Å². The summed E-state index contributed by atoms with van der Waals surface area (Å²) in [6, 6.07) is 1.48. The van der Waals surface area contributed by atoms with Gasteiger partial charge in [0.05, 0.1) is 19.2 Å². The highest BCUT2D eigenvalue weighted by atomic mass is 19.4. The van der Waals surface area contributed by atoms with Crippen LogP contribution in [0.3, 0.4) is 0 Å². The number of aromatic nitrogens is 1. The number of Topliss-reactive ketones (excluding diaryl/α,β-unsaturated/α-hetero) is 2. The molecule has 144 valence electrons. The summed E-state index contributed by atoms with van der Waals surface area (Å²) in [5.74, 6) is -3.34. The molecule has 2 unspecified atom stereocenters. The number of carbonyl (C=O) groups excluding carboxylic acids is 3. The Morgan fingerprint density at radius 3 is 2.56 bits per heavy atom. The van der Waals surface area contributed by atoms with E-state index in [4.69, 9.17) is 0 Å². The molecule has 6 nitrogen and oxygen atoms in total. The van der Waals surface area contributed by atoms with Gasteiger partial charge in [0.2, 0.25) is 5.78 Å². The number of alkyl halides is 3. The van der Waals surface area contributed by atoms with Gasteiger partial charge in [-0.15, -0.1) is 0 Å². The summed E-state index contributed by atoms with van der Waals surface area (Å²) in [4.78, 5) is 40.3. The first kappa shape index (κ1) is 19.1. The largest absolute Gasteiger partial charge is 0.511 e. The molecular formula is C18H16F3NO5. The van der Waals surface area contributed by atoms with Crippen molar-refractivity contribution in [3.8, 4) is 0 Å². The van der Waals surface area contributed by atoms with Crippen LogP contribution >= 0.6 is 0 Å². The Labute approximate surface area is 152 Å². The van der Waals surface area contributed by atoms with Gasteiger partial charge in [0.15, 0.2) is 5.78 Å². The zero-order valence-electron chi connectivity index (χ0n) is 14.3. The SMILES string of the molecule is COC(=O)Cc1nc(C(F)(F)F)ccc1C(=O)C1=C(O)C2CCC(C2)C1=O. The maximum Gasteiger partial charge on any atom is 0.433 e. The molecule has 0 radical (unpaired) electrons. The van der Waals surface area contributed by atoms with Crippen molar-refractivity contribution in [1.29, 1.82) is 0 Å². The number of halogens is 3. The number of allylic oxidation sites excluding steroid dienone is 2. The Kier molecular flexibility index (Phi) is 4.79. The van der Waals surface area contributed by atoms with Gasteiger partial charge in [-0.1, -0.05) is 0 Å². The predicted octanol–water partition coefficient (Wildman–Crippen LogP) is 2.81. The van der Waals surface area contributed by atoms with Crippen molar-refractivity contribution >= 4 is 17.5 Å². The molecule has 9 heteroatoms. The molecule has 2 atom stereocenters. The van der Waals surface area contributed by atoms with Crippen LogP contribution < -0.4 is 0 Å². The van der Waals surface area contributed by atoms with Gasteiger partial charge in [-0.2, -0.15) is 13.2 Å². The van der Waals surface area contributed by atoms with Crippen molar-refractivity contribution in [1.82, 2.24) is 4.98 Å². The van der Waals surface area contributed by atoms with Gasteiger partial charge in [-0.05, 0) is 31.4 Å². The van der Waals surface area contributed by atoms with Crippen LogP contribution in [-0.2, 0) is 26.9 Å². The first-order valence-corrected chi connectivity index (χ1v) is 8.29. The number of pyridine rings is 1. The third-order valence-electron chi connectivity index (χ3n) is 4.97. The topological polar surface area (TPSA) is 93.6 Å². The number of carbonyl (C=O) groups is 3. The van der Waals surface area contributed by atoms with Gasteiger partial charge in [0.25, 0.3) is 0 Å². The first-order valence-electron chi connectivity index (χ1n) is 8.29. The van der Waals surface area contributed by atoms with Gasteiger partial charge in [-0.3, -0.25) is 14.4 Å². The third-order valence-corrected chi connectivity index (χ3v) is 4.97. The number of hydrogen-bond donors (Lipinski definition) is 1. The summed E-state index contributed by atoms with van der Waals surface area (Å²) in [5, 5.41) is 10.3. The van der Waals surface area contributed by atoms with E-state index in [1.165, 1.54) is 0 Å². The second-order valence-electron chi connectivity index (χ2n) is 6.60. The lowest BCUT2D eigenvalue weighted by molar-refractivity contribution is -0.142. The summed E-state index contributed by atoms with van der Waals surface area (Å²) in [5.41, 5.74) is -2.47. The molecule has 1 saturated carbocycles. The van der Waals surface area contributed by atoms with Crippen molar-refractivity contribution in [3.63, 3.8) is 0 Å². The van der Waals surface area contributed by atoms with Crippen molar-refractivity contribution in [3.05, 3.63) is 40.4 Å². The second kappa shape index (κ2) is 6.79. The molecule has 1 aromatic heterocycles. The van der Waals surface area contributed by atoms with Crippen LogP contribution in [0.2, 0.25) is 0 Å². The van der Waals surface area contributed by atoms with Gasteiger partial charge < -0.3 is 9.84 Å². The first-order chi connectivity index (χ1) is 12.6. The van der Waals surface area contributed by atoms with E-state index in [9.17, 15) is 32.7 Å². The number of nitrogens with zero attached hydrogens (tertiary/aromatic N) is 1. The van der Waals surface area contributed by atoms with E-state index in [0.29, 0.717) is 25.3 Å². The lowest BCUT2D eigenvalue weighted by atomic mass is 9.83. The Morgan fingerprint density at radius 1 is 1.26 bits per heavy atom. The molecule has 1 heterocycles. The molecule has 0 saturated heterocycles. The normalized spacial score (nSPS) is 22.1. The lowest BCUT2D eigenvalue weighted by Crippen LogP contribution is -2.28. The molecule has 2 aliphatic carbocycles. The molecule has 1 aromatic rings. The third kappa shape index (κ3) is 3.45. The van der Waals surface area contributed by atoms with E-state index in [1.54, 1.807) is 0 Å². The van der Waals surface area contributed by atoms with Crippen molar-refractivity contribution in [2.24, 2.45) is 11.8 Å². The van der Waals surface area contributed by atoms with E-state index in [-0.39, 0.29) is 23.2 Å². The molecule has 3 rings (SSSR count). The highest BCUT2D eigenvalue weighted by Crippen LogP contribution is 2.43. The Bertz CT molecular complexity index is 859. The van der Waals surface area contributed by atoms with Gasteiger partial charge in [-0.25, -0.2) is 4.98 Å². The second-order valence-corrected chi connectivity index (χ2v) is 6.60. The number of methoxy groups -OCH3 is 1. The predicted molar refractivity (Wildman–Crippen MR) is 84.8 cm³/mol. The Morgan fingerprint density at radius 2 is 1.93 bits per heavy atom. The molecule has 0 aliphatic heterocycles. The average Bonchev–Trinajstić information content (AvgIpc) is 3.06. The van der Waals surface area contributed by atoms with Crippen LogP contribution in [0, 0.1) is 11.8 Å². The van der Waals surface area contributed by atoms with E-state index in [0.717, 1.165) is 13.2 Å². The van der Waals surface area contributed by atoms with E-state index < -0.39 is 47.1 Å². The summed E-state index contributed by atoms with van der Waals surface area (Å²) in [6.07, 6.45) is -3.87. The highest BCUT2D eigenvalue weighted by Gasteiger charge is 2.44. The molecule has 27 heavy (non-hydrogen) atoms. The van der Waals surface area contributed by atoms with Crippen LogP contribution in [0.5, 0.6) is 0 Å².